The summed E-state index contributed by atoms with van der Waals surface area (Å²) in [6, 6.07) is 0. The van der Waals surface area contributed by atoms with Gasteiger partial charge in [0.15, 0.2) is 0 Å². The molecule has 0 aromatic heterocycles. The first-order valence-corrected chi connectivity index (χ1v) is 3.81. The smallest absolute Gasteiger partial charge is 0.231 e. The highest BCUT2D eigenvalue weighted by Crippen LogP contribution is 2.00. The van der Waals surface area contributed by atoms with Crippen LogP contribution in [0.15, 0.2) is 0 Å². The van der Waals surface area contributed by atoms with Crippen molar-refractivity contribution in [3.8, 4) is 0 Å². The summed E-state index contributed by atoms with van der Waals surface area (Å²) in [6.07, 6.45) is 0.384. The Labute approximate surface area is 67.4 Å². The molecule has 0 unspecified atom stereocenters. The van der Waals surface area contributed by atoms with E-state index < -0.39 is 0 Å². The molecule has 0 aromatic rings. The minimum Gasteiger partial charge on any atom is -0.286 e. The maximum absolute atomic E-state index is 11.1. The van der Waals surface area contributed by atoms with Crippen molar-refractivity contribution in [2.45, 2.75) is 27.2 Å². The Hall–Kier alpha value is -0.860. The third-order valence-electron chi connectivity index (χ3n) is 1.50. The van der Waals surface area contributed by atoms with Crippen molar-refractivity contribution >= 4 is 11.8 Å². The molecular formula is C8H15NO2. The number of rotatable bonds is 2. The van der Waals surface area contributed by atoms with E-state index in [4.69, 9.17) is 0 Å². The molecule has 0 aromatic carbocycles. The molecule has 0 saturated heterocycles. The lowest BCUT2D eigenvalue weighted by molar-refractivity contribution is -0.144. The van der Waals surface area contributed by atoms with Crippen LogP contribution in [-0.4, -0.2) is 23.8 Å². The molecule has 2 amide bonds. The first kappa shape index (κ1) is 10.1. The highest BCUT2D eigenvalue weighted by atomic mass is 16.2. The minimum absolute atomic E-state index is 0.101. The fourth-order valence-electron chi connectivity index (χ4n) is 0.747. The van der Waals surface area contributed by atoms with E-state index in [1.165, 1.54) is 11.9 Å². The van der Waals surface area contributed by atoms with Crippen LogP contribution in [0.5, 0.6) is 0 Å². The monoisotopic (exact) mass is 157 g/mol. The van der Waals surface area contributed by atoms with Crippen LogP contribution in [-0.2, 0) is 9.59 Å². The molecule has 3 heteroatoms. The molecule has 0 N–H and O–H groups in total. The fraction of sp³-hybridized carbons (Fsp3) is 0.750. The van der Waals surface area contributed by atoms with Crippen molar-refractivity contribution < 1.29 is 9.59 Å². The van der Waals surface area contributed by atoms with E-state index in [1.54, 1.807) is 20.8 Å². The SMILES string of the molecule is CCC(=O)N(C)C(=O)C(C)C. The molecule has 0 radical (unpaired) electrons. The van der Waals surface area contributed by atoms with Gasteiger partial charge in [-0.25, -0.2) is 0 Å². The van der Waals surface area contributed by atoms with Gasteiger partial charge in [-0.2, -0.15) is 0 Å². The lowest BCUT2D eigenvalue weighted by Crippen LogP contribution is -2.35. The fourth-order valence-corrected chi connectivity index (χ4v) is 0.747. The van der Waals surface area contributed by atoms with Crippen LogP contribution < -0.4 is 0 Å². The van der Waals surface area contributed by atoms with Gasteiger partial charge in [-0.3, -0.25) is 14.5 Å². The van der Waals surface area contributed by atoms with E-state index in [0.29, 0.717) is 6.42 Å². The van der Waals surface area contributed by atoms with E-state index in [9.17, 15) is 9.59 Å². The molecule has 3 nitrogen and oxygen atoms in total. The summed E-state index contributed by atoms with van der Waals surface area (Å²) in [7, 11) is 1.52. The third-order valence-corrected chi connectivity index (χ3v) is 1.50. The Kier molecular flexibility index (Phi) is 3.79. The number of imide groups is 1. The van der Waals surface area contributed by atoms with Crippen molar-refractivity contribution in [2.24, 2.45) is 5.92 Å². The van der Waals surface area contributed by atoms with Gasteiger partial charge < -0.3 is 0 Å². The Morgan fingerprint density at radius 2 is 1.82 bits per heavy atom. The first-order chi connectivity index (χ1) is 5.00. The molecule has 64 valence electrons. The predicted octanol–water partition coefficient (Wildman–Crippen LogP) is 1.04. The molecule has 0 atom stereocenters. The maximum atomic E-state index is 11.1. The van der Waals surface area contributed by atoms with Crippen molar-refractivity contribution in [1.82, 2.24) is 4.90 Å². The second kappa shape index (κ2) is 4.11. The molecule has 0 aliphatic heterocycles. The summed E-state index contributed by atoms with van der Waals surface area (Å²) in [6.45, 7) is 5.30. The number of amides is 2. The quantitative estimate of drug-likeness (QED) is 0.600. The van der Waals surface area contributed by atoms with Crippen molar-refractivity contribution in [3.63, 3.8) is 0 Å². The zero-order valence-corrected chi connectivity index (χ0v) is 7.55. The zero-order valence-electron chi connectivity index (χ0n) is 7.55. The molecule has 0 aliphatic rings. The average Bonchev–Trinajstić information content (AvgIpc) is 2.00. The van der Waals surface area contributed by atoms with Crippen LogP contribution in [0.25, 0.3) is 0 Å². The van der Waals surface area contributed by atoms with E-state index in [1.807, 2.05) is 0 Å². The second-order valence-electron chi connectivity index (χ2n) is 2.80. The van der Waals surface area contributed by atoms with E-state index in [2.05, 4.69) is 0 Å². The molecule has 11 heavy (non-hydrogen) atoms. The van der Waals surface area contributed by atoms with Gasteiger partial charge >= 0.3 is 0 Å². The van der Waals surface area contributed by atoms with Crippen molar-refractivity contribution in [1.29, 1.82) is 0 Å². The van der Waals surface area contributed by atoms with Gasteiger partial charge in [0.2, 0.25) is 11.8 Å². The lowest BCUT2D eigenvalue weighted by atomic mass is 10.2. The number of hydrogen-bond donors (Lipinski definition) is 0. The summed E-state index contributed by atoms with van der Waals surface area (Å²) in [4.78, 5) is 23.3. The number of hydrogen-bond acceptors (Lipinski definition) is 2. The van der Waals surface area contributed by atoms with Crippen molar-refractivity contribution in [2.75, 3.05) is 7.05 Å². The summed E-state index contributed by atoms with van der Waals surface area (Å²) >= 11 is 0. The topological polar surface area (TPSA) is 37.4 Å². The van der Waals surface area contributed by atoms with E-state index >= 15 is 0 Å². The third kappa shape index (κ3) is 2.70. The maximum Gasteiger partial charge on any atom is 0.231 e. The molecule has 0 bridgehead atoms. The zero-order chi connectivity index (χ0) is 9.02. The van der Waals surface area contributed by atoms with Crippen molar-refractivity contribution in [3.05, 3.63) is 0 Å². The minimum atomic E-state index is -0.122. The van der Waals surface area contributed by atoms with Gasteiger partial charge in [0.05, 0.1) is 0 Å². The van der Waals surface area contributed by atoms with Crippen LogP contribution >= 0.6 is 0 Å². The molecule has 0 rings (SSSR count). The van der Waals surface area contributed by atoms with Gasteiger partial charge in [0, 0.05) is 19.4 Å². The van der Waals surface area contributed by atoms with Crippen LogP contribution in [0, 0.1) is 5.92 Å². The van der Waals surface area contributed by atoms with E-state index in [-0.39, 0.29) is 17.7 Å². The number of carbonyl (C=O) groups is 2. The van der Waals surface area contributed by atoms with Gasteiger partial charge in [-0.15, -0.1) is 0 Å². The molecule has 0 saturated carbocycles. The standard InChI is InChI=1S/C8H15NO2/c1-5-7(10)9(4)8(11)6(2)3/h6H,5H2,1-4H3. The number of carbonyl (C=O) groups excluding carboxylic acids is 2. The van der Waals surface area contributed by atoms with Crippen LogP contribution in [0.3, 0.4) is 0 Å². The second-order valence-corrected chi connectivity index (χ2v) is 2.80. The van der Waals surface area contributed by atoms with E-state index in [0.717, 1.165) is 0 Å². The average molecular weight is 157 g/mol. The predicted molar refractivity (Wildman–Crippen MR) is 42.9 cm³/mol. The summed E-state index contributed by atoms with van der Waals surface area (Å²) in [5.41, 5.74) is 0. The number of nitrogens with zero attached hydrogens (tertiary/aromatic N) is 1. The van der Waals surface area contributed by atoms with Crippen LogP contribution in [0.2, 0.25) is 0 Å². The highest BCUT2D eigenvalue weighted by molar-refractivity contribution is 5.95. The summed E-state index contributed by atoms with van der Waals surface area (Å²) in [5, 5.41) is 0. The van der Waals surface area contributed by atoms with Gasteiger partial charge in [-0.1, -0.05) is 20.8 Å². The Morgan fingerprint density at radius 1 is 1.36 bits per heavy atom. The summed E-state index contributed by atoms with van der Waals surface area (Å²) in [5.74, 6) is -0.337. The molecule has 0 heterocycles. The molecule has 0 spiro atoms. The van der Waals surface area contributed by atoms with Crippen LogP contribution in [0.1, 0.15) is 27.2 Å². The molecule has 0 aliphatic carbocycles. The normalized spacial score (nSPS) is 9.91. The van der Waals surface area contributed by atoms with Gasteiger partial charge in [0.1, 0.15) is 0 Å². The first-order valence-electron chi connectivity index (χ1n) is 3.81. The highest BCUT2D eigenvalue weighted by Gasteiger charge is 2.17. The Morgan fingerprint density at radius 3 is 2.09 bits per heavy atom. The largest absolute Gasteiger partial charge is 0.286 e. The van der Waals surface area contributed by atoms with Crippen LogP contribution in [0.4, 0.5) is 0 Å². The molecular weight excluding hydrogens is 142 g/mol. The lowest BCUT2D eigenvalue weighted by Gasteiger charge is -2.16. The van der Waals surface area contributed by atoms with Gasteiger partial charge in [-0.05, 0) is 0 Å². The molecule has 0 fully saturated rings. The Bertz CT molecular complexity index is 163. The summed E-state index contributed by atoms with van der Waals surface area (Å²) < 4.78 is 0. The Balaban J connectivity index is 4.13. The van der Waals surface area contributed by atoms with Gasteiger partial charge in [0.25, 0.3) is 0 Å².